The molecule has 3 fully saturated rings. The summed E-state index contributed by atoms with van der Waals surface area (Å²) in [4.78, 5) is 62.3. The first-order chi connectivity index (χ1) is 28.7. The zero-order valence-corrected chi connectivity index (χ0v) is 33.6. The number of fused-ring (bicyclic) bond motifs is 2. The van der Waals surface area contributed by atoms with Crippen molar-refractivity contribution in [1.29, 1.82) is 0 Å². The molecule has 14 nitrogen and oxygen atoms in total. The van der Waals surface area contributed by atoms with E-state index in [1.54, 1.807) is 6.20 Å². The minimum Gasteiger partial charge on any atom is -0.457 e. The third kappa shape index (κ3) is 8.02. The molecular weight excluding hydrogens is 747 g/mol. The summed E-state index contributed by atoms with van der Waals surface area (Å²) in [5.41, 5.74) is 9.25. The van der Waals surface area contributed by atoms with E-state index >= 15 is 0 Å². The highest BCUT2D eigenvalue weighted by atomic mass is 16.5. The van der Waals surface area contributed by atoms with Crippen molar-refractivity contribution in [2.24, 2.45) is 23.5 Å². The molecule has 14 heteroatoms. The van der Waals surface area contributed by atoms with E-state index in [1.807, 2.05) is 70.2 Å². The molecule has 5 aliphatic rings. The van der Waals surface area contributed by atoms with Crippen LogP contribution in [0.25, 0.3) is 11.3 Å². The van der Waals surface area contributed by atoms with Crippen molar-refractivity contribution in [3.8, 4) is 22.8 Å². The lowest BCUT2D eigenvalue weighted by Gasteiger charge is -2.45. The van der Waals surface area contributed by atoms with Crippen LogP contribution in [0.3, 0.4) is 0 Å². The largest absolute Gasteiger partial charge is 0.457 e. The first-order valence-electron chi connectivity index (χ1n) is 21.2. The number of carbonyl (C=O) groups excluding carboxylic acids is 4. The number of aryl methyl sites for hydroxylation is 1. The van der Waals surface area contributed by atoms with E-state index in [4.69, 9.17) is 15.6 Å². The van der Waals surface area contributed by atoms with Gasteiger partial charge in [0, 0.05) is 69.4 Å². The van der Waals surface area contributed by atoms with E-state index in [1.165, 1.54) is 0 Å². The molecule has 2 aromatic carbocycles. The van der Waals surface area contributed by atoms with Crippen LogP contribution in [-0.4, -0.2) is 105 Å². The zero-order chi connectivity index (χ0) is 40.6. The highest BCUT2D eigenvalue weighted by Gasteiger charge is 2.42. The Morgan fingerprint density at radius 1 is 0.898 bits per heavy atom. The smallest absolute Gasteiger partial charge is 0.255 e. The summed E-state index contributed by atoms with van der Waals surface area (Å²) in [7, 11) is 2.18. The van der Waals surface area contributed by atoms with Gasteiger partial charge in [-0.05, 0) is 118 Å². The van der Waals surface area contributed by atoms with Crippen LogP contribution in [0.2, 0.25) is 0 Å². The van der Waals surface area contributed by atoms with E-state index in [2.05, 4.69) is 32.5 Å². The molecule has 9 rings (SSSR count). The van der Waals surface area contributed by atoms with E-state index in [0.717, 1.165) is 101 Å². The maximum atomic E-state index is 13.7. The molecule has 0 bridgehead atoms. The standard InChI is InChI=1S/C45H53N9O5/c1-51(27-28-14-19-52(20-15-28)45(58)33-23-31-9-12-38(55)49-42(31)48-26-33)34-24-32(25-34)44(57)53-21-16-29(17-22-53)37-13-18-47-43-39(41(46)56)40(50-54(37)43)30-7-10-36(11-8-30)59-35-5-3-2-4-6-35/h2-8,10-11,23,26,28-29,32,34,37,47H,9,12-22,24-25,27H2,1H3,(H2,46,56)(H,48,49,55)/t32?,34?,37-/m0/s1. The summed E-state index contributed by atoms with van der Waals surface area (Å²) < 4.78 is 7.96. The fourth-order valence-electron chi connectivity index (χ4n) is 9.82. The van der Waals surface area contributed by atoms with Crippen molar-refractivity contribution < 1.29 is 23.9 Å². The number of likely N-dealkylation sites (tertiary alicyclic amines) is 2. The van der Waals surface area contributed by atoms with Gasteiger partial charge in [-0.3, -0.25) is 19.2 Å². The fourth-order valence-corrected chi connectivity index (χ4v) is 9.82. The molecule has 59 heavy (non-hydrogen) atoms. The Morgan fingerprint density at radius 3 is 2.34 bits per heavy atom. The Hall–Kier alpha value is -5.76. The molecule has 2 aromatic heterocycles. The fraction of sp³-hybridized carbons (Fsp3) is 0.467. The lowest BCUT2D eigenvalue weighted by atomic mass is 9.77. The number of primary amides is 1. The molecule has 2 saturated heterocycles. The Kier molecular flexibility index (Phi) is 10.8. The van der Waals surface area contributed by atoms with Gasteiger partial charge in [-0.25, -0.2) is 9.67 Å². The second-order valence-electron chi connectivity index (χ2n) is 17.0. The Morgan fingerprint density at radius 2 is 1.61 bits per heavy atom. The molecule has 4 N–H and O–H groups in total. The number of hydrogen-bond acceptors (Lipinski definition) is 9. The number of amides is 4. The van der Waals surface area contributed by atoms with Gasteiger partial charge in [-0.15, -0.1) is 0 Å². The van der Waals surface area contributed by atoms with Gasteiger partial charge in [0.25, 0.3) is 11.8 Å². The molecule has 0 radical (unpaired) electrons. The van der Waals surface area contributed by atoms with E-state index in [0.29, 0.717) is 64.9 Å². The van der Waals surface area contributed by atoms with Crippen LogP contribution in [0.15, 0.2) is 66.9 Å². The van der Waals surface area contributed by atoms with Gasteiger partial charge in [0.2, 0.25) is 11.8 Å². The van der Waals surface area contributed by atoms with Crippen LogP contribution in [0, 0.1) is 17.8 Å². The Labute approximate surface area is 344 Å². The molecule has 4 aromatic rings. The van der Waals surface area contributed by atoms with Crippen LogP contribution in [0.4, 0.5) is 11.6 Å². The van der Waals surface area contributed by atoms with Gasteiger partial charge < -0.3 is 35.8 Å². The molecule has 1 aliphatic carbocycles. The Balaban J connectivity index is 0.743. The zero-order valence-electron chi connectivity index (χ0n) is 33.6. The van der Waals surface area contributed by atoms with E-state index in [-0.39, 0.29) is 29.7 Å². The number of nitrogens with two attached hydrogens (primary N) is 1. The highest BCUT2D eigenvalue weighted by molar-refractivity contribution is 6.04. The first kappa shape index (κ1) is 38.7. The van der Waals surface area contributed by atoms with Gasteiger partial charge in [0.05, 0.1) is 11.6 Å². The van der Waals surface area contributed by atoms with Gasteiger partial charge in [-0.1, -0.05) is 18.2 Å². The number of nitrogens with one attached hydrogen (secondary N) is 2. The Bertz CT molecular complexity index is 2200. The number of benzene rings is 2. The molecule has 0 spiro atoms. The number of nitrogens with zero attached hydrogens (tertiary/aromatic N) is 6. The number of piperidine rings is 2. The number of ether oxygens (including phenoxy) is 1. The monoisotopic (exact) mass is 799 g/mol. The van der Waals surface area contributed by atoms with Crippen LogP contribution >= 0.6 is 0 Å². The lowest BCUT2D eigenvalue weighted by Crippen LogP contribution is -2.52. The maximum Gasteiger partial charge on any atom is 0.255 e. The predicted molar refractivity (Wildman–Crippen MR) is 223 cm³/mol. The topological polar surface area (TPSA) is 168 Å². The normalized spacial score (nSPS) is 22.1. The molecule has 4 aliphatic heterocycles. The van der Waals surface area contributed by atoms with Crippen molar-refractivity contribution >= 4 is 35.3 Å². The number of hydrogen-bond donors (Lipinski definition) is 3. The molecule has 1 saturated carbocycles. The number of rotatable bonds is 10. The lowest BCUT2D eigenvalue weighted by molar-refractivity contribution is -0.142. The second-order valence-corrected chi connectivity index (χ2v) is 17.0. The first-order valence-corrected chi connectivity index (χ1v) is 21.2. The molecule has 0 unspecified atom stereocenters. The molecule has 4 amide bonds. The van der Waals surface area contributed by atoms with Gasteiger partial charge in [-0.2, -0.15) is 5.10 Å². The summed E-state index contributed by atoms with van der Waals surface area (Å²) in [5.74, 6) is 3.33. The number of carbonyl (C=O) groups is 4. The number of anilines is 2. The molecular formula is C45H53N9O5. The van der Waals surface area contributed by atoms with Crippen LogP contribution < -0.4 is 21.1 Å². The predicted octanol–water partition coefficient (Wildman–Crippen LogP) is 5.58. The van der Waals surface area contributed by atoms with E-state index in [9.17, 15) is 19.2 Å². The molecule has 308 valence electrons. The SMILES string of the molecule is CN(CC1CCN(C(=O)c2cnc3c(c2)CCC(=O)N3)CC1)C1CC(C(=O)N2CCC([C@@H]3CCNc4c(C(N)=O)c(-c5ccc(Oc6ccccc6)cc5)nn43)CC2)C1. The van der Waals surface area contributed by atoms with Crippen molar-refractivity contribution in [3.63, 3.8) is 0 Å². The van der Waals surface area contributed by atoms with Crippen LogP contribution in [0.1, 0.15) is 83.7 Å². The summed E-state index contributed by atoms with van der Waals surface area (Å²) in [6, 6.07) is 19.6. The van der Waals surface area contributed by atoms with E-state index < -0.39 is 5.91 Å². The van der Waals surface area contributed by atoms with Crippen molar-refractivity contribution in [1.82, 2.24) is 29.5 Å². The van der Waals surface area contributed by atoms with Gasteiger partial charge in [0.1, 0.15) is 34.4 Å². The maximum absolute atomic E-state index is 13.7. The third-order valence-electron chi connectivity index (χ3n) is 13.3. The average Bonchev–Trinajstić information content (AvgIpc) is 3.64. The van der Waals surface area contributed by atoms with Crippen molar-refractivity contribution in [2.75, 3.05) is 56.9 Å². The summed E-state index contributed by atoms with van der Waals surface area (Å²) >= 11 is 0. The number of pyridine rings is 1. The average molecular weight is 800 g/mol. The van der Waals surface area contributed by atoms with Crippen molar-refractivity contribution in [2.45, 2.75) is 69.9 Å². The van der Waals surface area contributed by atoms with Gasteiger partial charge in [0.15, 0.2) is 0 Å². The minimum atomic E-state index is -0.514. The quantitative estimate of drug-likeness (QED) is 0.186. The number of aromatic nitrogens is 3. The van der Waals surface area contributed by atoms with Crippen LogP contribution in [0.5, 0.6) is 11.5 Å². The van der Waals surface area contributed by atoms with Crippen molar-refractivity contribution in [3.05, 3.63) is 83.6 Å². The molecule has 1 atom stereocenters. The summed E-state index contributed by atoms with van der Waals surface area (Å²) in [5, 5.41) is 11.2. The van der Waals surface area contributed by atoms with Gasteiger partial charge >= 0.3 is 0 Å². The van der Waals surface area contributed by atoms with Crippen LogP contribution in [-0.2, 0) is 16.0 Å². The second kappa shape index (κ2) is 16.5. The molecule has 6 heterocycles. The highest BCUT2D eigenvalue weighted by Crippen LogP contribution is 2.41. The summed E-state index contributed by atoms with van der Waals surface area (Å²) in [6.45, 7) is 4.60. The third-order valence-corrected chi connectivity index (χ3v) is 13.3. The number of para-hydroxylation sites is 1. The minimum absolute atomic E-state index is 0.00872. The summed E-state index contributed by atoms with van der Waals surface area (Å²) in [6.07, 6.45) is 8.95.